The molecule has 0 saturated carbocycles. The first-order chi connectivity index (χ1) is 10.4. The Morgan fingerprint density at radius 1 is 1.27 bits per heavy atom. The average Bonchev–Trinajstić information content (AvgIpc) is 3.09. The lowest BCUT2D eigenvalue weighted by Crippen LogP contribution is -2.53. The van der Waals surface area contributed by atoms with Crippen molar-refractivity contribution in [2.24, 2.45) is 5.41 Å². The molecule has 22 heavy (non-hydrogen) atoms. The van der Waals surface area contributed by atoms with Gasteiger partial charge in [-0.05, 0) is 24.7 Å². The van der Waals surface area contributed by atoms with E-state index in [0.717, 1.165) is 45.4 Å². The molecular formula is C16H27N5O. The lowest BCUT2D eigenvalue weighted by Gasteiger charge is -2.39. The summed E-state index contributed by atoms with van der Waals surface area (Å²) in [5, 5.41) is 8.00. The number of nitrogens with zero attached hydrogens (tertiary/aromatic N) is 5. The molecule has 1 aromatic rings. The van der Waals surface area contributed by atoms with E-state index in [4.69, 9.17) is 0 Å². The van der Waals surface area contributed by atoms with Gasteiger partial charge in [-0.1, -0.05) is 26.0 Å². The van der Waals surface area contributed by atoms with Crippen LogP contribution in [0.1, 0.15) is 46.1 Å². The average molecular weight is 305 g/mol. The van der Waals surface area contributed by atoms with Gasteiger partial charge < -0.3 is 4.90 Å². The summed E-state index contributed by atoms with van der Waals surface area (Å²) in [5.74, 6) is 0.320. The fourth-order valence-electron chi connectivity index (χ4n) is 3.67. The van der Waals surface area contributed by atoms with Crippen molar-refractivity contribution in [2.45, 2.75) is 52.1 Å². The Kier molecular flexibility index (Phi) is 4.21. The Morgan fingerprint density at radius 3 is 2.77 bits per heavy atom. The van der Waals surface area contributed by atoms with Gasteiger partial charge in [-0.15, -0.1) is 5.10 Å². The van der Waals surface area contributed by atoms with Gasteiger partial charge in [0.05, 0.1) is 18.3 Å². The van der Waals surface area contributed by atoms with Crippen molar-refractivity contribution in [1.29, 1.82) is 0 Å². The minimum Gasteiger partial charge on any atom is -0.341 e. The van der Waals surface area contributed by atoms with Crippen LogP contribution in [0.2, 0.25) is 0 Å². The predicted molar refractivity (Wildman–Crippen MR) is 84.3 cm³/mol. The molecule has 6 nitrogen and oxygen atoms in total. The van der Waals surface area contributed by atoms with E-state index in [1.165, 1.54) is 0 Å². The normalized spacial score (nSPS) is 27.6. The predicted octanol–water partition coefficient (Wildman–Crippen LogP) is 1.56. The van der Waals surface area contributed by atoms with Crippen molar-refractivity contribution in [1.82, 2.24) is 24.8 Å². The molecule has 0 spiro atoms. The Labute approximate surface area is 132 Å². The highest BCUT2D eigenvalue weighted by Gasteiger charge is 2.38. The highest BCUT2D eigenvalue weighted by atomic mass is 16.2. The number of aromatic nitrogens is 3. The van der Waals surface area contributed by atoms with Gasteiger partial charge in [0, 0.05) is 32.4 Å². The van der Waals surface area contributed by atoms with Crippen LogP contribution in [0.15, 0.2) is 12.4 Å². The maximum Gasteiger partial charge on any atom is 0.239 e. The molecule has 1 aromatic heterocycles. The Bertz CT molecular complexity index is 507. The van der Waals surface area contributed by atoms with Gasteiger partial charge in [0.1, 0.15) is 0 Å². The SMILES string of the molecule is CC(C)(C)CN1CCC[C@@H](N2CC[C@H](n3ccnn3)C2)C1=O. The Balaban J connectivity index is 1.63. The van der Waals surface area contributed by atoms with E-state index in [-0.39, 0.29) is 11.5 Å². The maximum atomic E-state index is 12.8. The Morgan fingerprint density at radius 2 is 2.09 bits per heavy atom. The summed E-state index contributed by atoms with van der Waals surface area (Å²) in [6, 6.07) is 0.415. The van der Waals surface area contributed by atoms with Crippen molar-refractivity contribution >= 4 is 5.91 Å². The van der Waals surface area contributed by atoms with Crippen LogP contribution in [-0.2, 0) is 4.79 Å². The quantitative estimate of drug-likeness (QED) is 0.850. The van der Waals surface area contributed by atoms with E-state index in [9.17, 15) is 4.79 Å². The molecule has 6 heteroatoms. The number of hydrogen-bond acceptors (Lipinski definition) is 4. The van der Waals surface area contributed by atoms with E-state index >= 15 is 0 Å². The van der Waals surface area contributed by atoms with E-state index in [1.54, 1.807) is 6.20 Å². The molecule has 2 atom stereocenters. The van der Waals surface area contributed by atoms with E-state index in [2.05, 4.69) is 40.9 Å². The van der Waals surface area contributed by atoms with Crippen LogP contribution in [0.3, 0.4) is 0 Å². The molecule has 122 valence electrons. The summed E-state index contributed by atoms with van der Waals surface area (Å²) >= 11 is 0. The summed E-state index contributed by atoms with van der Waals surface area (Å²) < 4.78 is 1.93. The van der Waals surface area contributed by atoms with Crippen LogP contribution in [0, 0.1) is 5.41 Å². The fraction of sp³-hybridized carbons (Fsp3) is 0.812. The third-order valence-electron chi connectivity index (χ3n) is 4.62. The summed E-state index contributed by atoms with van der Waals surface area (Å²) in [7, 11) is 0. The molecule has 0 aliphatic carbocycles. The third kappa shape index (κ3) is 3.32. The van der Waals surface area contributed by atoms with E-state index in [1.807, 2.05) is 10.9 Å². The number of piperidine rings is 1. The first-order valence-electron chi connectivity index (χ1n) is 8.33. The van der Waals surface area contributed by atoms with Crippen LogP contribution in [0.25, 0.3) is 0 Å². The molecule has 3 rings (SSSR count). The van der Waals surface area contributed by atoms with Gasteiger partial charge in [0.25, 0.3) is 0 Å². The number of likely N-dealkylation sites (tertiary alicyclic amines) is 2. The minimum atomic E-state index is 0.0598. The first kappa shape index (κ1) is 15.5. The summed E-state index contributed by atoms with van der Waals surface area (Å²) in [4.78, 5) is 17.3. The molecule has 2 saturated heterocycles. The highest BCUT2D eigenvalue weighted by molar-refractivity contribution is 5.82. The monoisotopic (exact) mass is 305 g/mol. The van der Waals surface area contributed by atoms with E-state index in [0.29, 0.717) is 11.9 Å². The van der Waals surface area contributed by atoms with Crippen LogP contribution >= 0.6 is 0 Å². The second-order valence-electron chi connectivity index (χ2n) is 7.80. The molecule has 0 unspecified atom stereocenters. The molecule has 3 heterocycles. The third-order valence-corrected chi connectivity index (χ3v) is 4.62. The number of carbonyl (C=O) groups excluding carboxylic acids is 1. The van der Waals surface area contributed by atoms with Crippen LogP contribution in [-0.4, -0.2) is 62.9 Å². The summed E-state index contributed by atoms with van der Waals surface area (Å²) in [6.45, 7) is 10.2. The van der Waals surface area contributed by atoms with Gasteiger partial charge in [0.15, 0.2) is 0 Å². The first-order valence-corrected chi connectivity index (χ1v) is 8.33. The standard InChI is InChI=1S/C16H27N5O/c1-16(2,3)12-20-8-4-5-14(15(20)22)19-9-6-13(11-19)21-10-7-17-18-21/h7,10,13-14H,4-6,8-9,11-12H2,1-3H3/t13-,14+/m0/s1. The smallest absolute Gasteiger partial charge is 0.239 e. The van der Waals surface area contributed by atoms with Crippen LogP contribution < -0.4 is 0 Å². The molecular weight excluding hydrogens is 278 g/mol. The maximum absolute atomic E-state index is 12.8. The largest absolute Gasteiger partial charge is 0.341 e. The number of rotatable bonds is 3. The fourth-order valence-corrected chi connectivity index (χ4v) is 3.67. The van der Waals surface area contributed by atoms with Crippen molar-refractivity contribution in [2.75, 3.05) is 26.2 Å². The molecule has 0 N–H and O–H groups in total. The number of hydrogen-bond donors (Lipinski definition) is 0. The van der Waals surface area contributed by atoms with Crippen LogP contribution in [0.4, 0.5) is 0 Å². The minimum absolute atomic E-state index is 0.0598. The van der Waals surface area contributed by atoms with Gasteiger partial charge in [-0.2, -0.15) is 0 Å². The molecule has 0 radical (unpaired) electrons. The lowest BCUT2D eigenvalue weighted by atomic mass is 9.93. The van der Waals surface area contributed by atoms with Crippen molar-refractivity contribution in [3.63, 3.8) is 0 Å². The molecule has 2 aliphatic heterocycles. The van der Waals surface area contributed by atoms with Crippen molar-refractivity contribution in [3.05, 3.63) is 12.4 Å². The second kappa shape index (κ2) is 5.99. The van der Waals surface area contributed by atoms with Crippen molar-refractivity contribution < 1.29 is 4.79 Å². The second-order valence-corrected chi connectivity index (χ2v) is 7.80. The zero-order valence-corrected chi connectivity index (χ0v) is 13.9. The molecule has 1 amide bonds. The highest BCUT2D eigenvalue weighted by Crippen LogP contribution is 2.28. The molecule has 2 fully saturated rings. The van der Waals surface area contributed by atoms with Crippen molar-refractivity contribution in [3.8, 4) is 0 Å². The van der Waals surface area contributed by atoms with E-state index < -0.39 is 0 Å². The van der Waals surface area contributed by atoms with Gasteiger partial charge in [0.2, 0.25) is 5.91 Å². The number of carbonyl (C=O) groups is 1. The molecule has 0 bridgehead atoms. The van der Waals surface area contributed by atoms with Gasteiger partial charge >= 0.3 is 0 Å². The zero-order chi connectivity index (χ0) is 15.7. The van der Waals surface area contributed by atoms with Gasteiger partial charge in [-0.3, -0.25) is 9.69 Å². The van der Waals surface area contributed by atoms with Gasteiger partial charge in [-0.25, -0.2) is 4.68 Å². The lowest BCUT2D eigenvalue weighted by molar-refractivity contribution is -0.141. The number of amides is 1. The molecule has 2 aliphatic rings. The summed E-state index contributed by atoms with van der Waals surface area (Å²) in [6.07, 6.45) is 6.79. The molecule has 0 aromatic carbocycles. The topological polar surface area (TPSA) is 54.3 Å². The zero-order valence-electron chi connectivity index (χ0n) is 13.9. The Hall–Kier alpha value is -1.43. The van der Waals surface area contributed by atoms with Crippen LogP contribution in [0.5, 0.6) is 0 Å². The summed E-state index contributed by atoms with van der Waals surface area (Å²) in [5.41, 5.74) is 0.159.